The first-order chi connectivity index (χ1) is 13.4. The van der Waals surface area contributed by atoms with Gasteiger partial charge in [-0.05, 0) is 68.6 Å². The Bertz CT molecular complexity index is 953. The van der Waals surface area contributed by atoms with E-state index < -0.39 is 10.2 Å². The molecular formula is C19H25FN4O2S2. The van der Waals surface area contributed by atoms with Crippen molar-refractivity contribution in [2.45, 2.75) is 51.0 Å². The summed E-state index contributed by atoms with van der Waals surface area (Å²) in [6, 6.07) is 4.94. The molecule has 0 radical (unpaired) electrons. The van der Waals surface area contributed by atoms with Gasteiger partial charge in [0.05, 0.1) is 5.69 Å². The Labute approximate surface area is 168 Å². The first kappa shape index (κ1) is 19.8. The van der Waals surface area contributed by atoms with E-state index in [1.165, 1.54) is 10.9 Å². The minimum atomic E-state index is -3.63. The lowest BCUT2D eigenvalue weighted by atomic mass is 9.86. The van der Waals surface area contributed by atoms with E-state index in [2.05, 4.69) is 10.0 Å². The number of halogens is 1. The molecule has 4 rings (SSSR count). The number of hydrogen-bond donors (Lipinski definition) is 3. The third-order valence-electron chi connectivity index (χ3n) is 5.59. The van der Waals surface area contributed by atoms with Crippen molar-refractivity contribution in [1.29, 1.82) is 0 Å². The van der Waals surface area contributed by atoms with Crippen LogP contribution in [0.2, 0.25) is 0 Å². The second-order valence-electron chi connectivity index (χ2n) is 7.71. The van der Waals surface area contributed by atoms with Crippen molar-refractivity contribution in [2.75, 3.05) is 11.9 Å². The molecule has 1 heterocycles. The third-order valence-corrected chi connectivity index (χ3v) is 7.33. The summed E-state index contributed by atoms with van der Waals surface area (Å²) in [5.41, 5.74) is 3.00. The van der Waals surface area contributed by atoms with Crippen LogP contribution in [0.1, 0.15) is 42.5 Å². The van der Waals surface area contributed by atoms with E-state index in [-0.39, 0.29) is 11.9 Å². The van der Waals surface area contributed by atoms with Crippen molar-refractivity contribution < 1.29 is 12.8 Å². The van der Waals surface area contributed by atoms with Crippen LogP contribution < -0.4 is 15.2 Å². The maximum atomic E-state index is 13.8. The number of hydrogen-bond acceptors (Lipinski definition) is 5. The topological polar surface area (TPSA) is 97.1 Å². The Hall–Kier alpha value is -1.55. The molecule has 4 N–H and O–H groups in total. The van der Waals surface area contributed by atoms with Crippen molar-refractivity contribution in [3.63, 3.8) is 0 Å². The van der Waals surface area contributed by atoms with Gasteiger partial charge in [-0.3, -0.25) is 0 Å². The molecule has 28 heavy (non-hydrogen) atoms. The summed E-state index contributed by atoms with van der Waals surface area (Å²) in [5.74, 6) is 0.255. The summed E-state index contributed by atoms with van der Waals surface area (Å²) in [7, 11) is -3.63. The van der Waals surface area contributed by atoms with Crippen molar-refractivity contribution in [1.82, 2.24) is 9.71 Å². The van der Waals surface area contributed by atoms with Gasteiger partial charge < -0.3 is 5.32 Å². The summed E-state index contributed by atoms with van der Waals surface area (Å²) in [4.78, 5) is 5.99. The Balaban J connectivity index is 1.39. The molecule has 1 saturated carbocycles. The molecule has 152 valence electrons. The Morgan fingerprint density at radius 3 is 2.75 bits per heavy atom. The van der Waals surface area contributed by atoms with E-state index >= 15 is 0 Å². The predicted octanol–water partition coefficient (Wildman–Crippen LogP) is 3.20. The SMILES string of the molecule is NS(=O)(=O)N[C@H]1CC[C@H](CNc2nc3c(s2)CCCc2ccc(F)cc2-3)CC1. The fourth-order valence-electron chi connectivity index (χ4n) is 4.18. The fourth-order valence-corrected chi connectivity index (χ4v) is 5.91. The van der Waals surface area contributed by atoms with Gasteiger partial charge in [-0.2, -0.15) is 13.1 Å². The molecule has 9 heteroatoms. The smallest absolute Gasteiger partial charge is 0.274 e. The van der Waals surface area contributed by atoms with Gasteiger partial charge in [0.2, 0.25) is 0 Å². The van der Waals surface area contributed by atoms with Gasteiger partial charge in [-0.25, -0.2) is 14.5 Å². The summed E-state index contributed by atoms with van der Waals surface area (Å²) < 4.78 is 38.5. The molecule has 0 unspecified atom stereocenters. The van der Waals surface area contributed by atoms with Crippen LogP contribution in [-0.2, 0) is 23.1 Å². The highest BCUT2D eigenvalue weighted by Crippen LogP contribution is 2.37. The molecule has 0 spiro atoms. The van der Waals surface area contributed by atoms with E-state index in [1.54, 1.807) is 17.4 Å². The molecule has 1 aromatic heterocycles. The lowest BCUT2D eigenvalue weighted by molar-refractivity contribution is 0.324. The highest BCUT2D eigenvalue weighted by molar-refractivity contribution is 7.87. The molecule has 0 amide bonds. The zero-order chi connectivity index (χ0) is 19.7. The first-order valence-corrected chi connectivity index (χ1v) is 12.1. The number of benzene rings is 1. The molecule has 2 aromatic rings. The second kappa shape index (κ2) is 8.06. The van der Waals surface area contributed by atoms with Crippen molar-refractivity contribution in [3.8, 4) is 11.3 Å². The quantitative estimate of drug-likeness (QED) is 0.687. The Morgan fingerprint density at radius 1 is 1.21 bits per heavy atom. The molecule has 1 fully saturated rings. The number of thiazole rings is 1. The summed E-state index contributed by atoms with van der Waals surface area (Å²) in [5, 5.41) is 9.39. The Morgan fingerprint density at radius 2 is 2.00 bits per heavy atom. The zero-order valence-corrected chi connectivity index (χ0v) is 17.2. The number of fused-ring (bicyclic) bond motifs is 3. The van der Waals surface area contributed by atoms with E-state index in [0.29, 0.717) is 5.92 Å². The summed E-state index contributed by atoms with van der Waals surface area (Å²) >= 11 is 1.66. The number of aryl methyl sites for hydroxylation is 2. The zero-order valence-electron chi connectivity index (χ0n) is 15.6. The fraction of sp³-hybridized carbons (Fsp3) is 0.526. The first-order valence-electron chi connectivity index (χ1n) is 9.70. The van der Waals surface area contributed by atoms with Gasteiger partial charge in [0.25, 0.3) is 10.2 Å². The molecule has 0 aliphatic heterocycles. The largest absolute Gasteiger partial charge is 0.361 e. The minimum absolute atomic E-state index is 0.0615. The number of nitrogens with zero attached hydrogens (tertiary/aromatic N) is 1. The lowest BCUT2D eigenvalue weighted by Gasteiger charge is -2.28. The molecule has 1 aromatic carbocycles. The number of nitrogens with one attached hydrogen (secondary N) is 2. The van der Waals surface area contributed by atoms with Gasteiger partial charge in [-0.15, -0.1) is 11.3 Å². The number of anilines is 1. The number of rotatable bonds is 5. The molecule has 0 saturated heterocycles. The number of aromatic nitrogens is 1. The Kier molecular flexibility index (Phi) is 5.69. The highest BCUT2D eigenvalue weighted by Gasteiger charge is 2.24. The lowest BCUT2D eigenvalue weighted by Crippen LogP contribution is -2.41. The molecule has 2 aliphatic carbocycles. The van der Waals surface area contributed by atoms with Gasteiger partial charge in [0.1, 0.15) is 5.82 Å². The third kappa shape index (κ3) is 4.71. The number of nitrogens with two attached hydrogens (primary N) is 1. The average molecular weight is 425 g/mol. The second-order valence-corrected chi connectivity index (χ2v) is 10.1. The maximum Gasteiger partial charge on any atom is 0.274 e. The van der Waals surface area contributed by atoms with Gasteiger partial charge in [-0.1, -0.05) is 6.07 Å². The van der Waals surface area contributed by atoms with Crippen LogP contribution in [-0.4, -0.2) is 26.0 Å². The minimum Gasteiger partial charge on any atom is -0.361 e. The van der Waals surface area contributed by atoms with Crippen LogP contribution in [0.25, 0.3) is 11.3 Å². The van der Waals surface area contributed by atoms with Crippen LogP contribution in [0.3, 0.4) is 0 Å². The van der Waals surface area contributed by atoms with Crippen LogP contribution in [0.4, 0.5) is 9.52 Å². The van der Waals surface area contributed by atoms with Gasteiger partial charge >= 0.3 is 0 Å². The molecule has 2 aliphatic rings. The van der Waals surface area contributed by atoms with Crippen LogP contribution in [0.15, 0.2) is 18.2 Å². The van der Waals surface area contributed by atoms with E-state index in [4.69, 9.17) is 10.1 Å². The highest BCUT2D eigenvalue weighted by atomic mass is 32.2. The molecule has 6 nitrogen and oxygen atoms in total. The summed E-state index contributed by atoms with van der Waals surface area (Å²) in [6.45, 7) is 0.810. The van der Waals surface area contributed by atoms with Crippen molar-refractivity contribution >= 4 is 26.7 Å². The molecular weight excluding hydrogens is 399 g/mol. The van der Waals surface area contributed by atoms with Crippen molar-refractivity contribution in [3.05, 3.63) is 34.5 Å². The predicted molar refractivity (Wildman–Crippen MR) is 110 cm³/mol. The standard InChI is InChI=1S/C19H25FN4O2S2/c20-14-7-6-13-2-1-3-17-18(16(13)10-14)23-19(27-17)22-11-12-4-8-15(9-5-12)24-28(21,25)26/h6-7,10,12,15,24H,1-5,8-9,11H2,(H,22,23)(H2,21,25,26)/t12-,15-. The van der Waals surface area contributed by atoms with E-state index in [1.807, 2.05) is 6.07 Å². The van der Waals surface area contributed by atoms with Crippen LogP contribution >= 0.6 is 11.3 Å². The average Bonchev–Trinajstić information content (AvgIpc) is 2.96. The monoisotopic (exact) mass is 424 g/mol. The molecule has 0 atom stereocenters. The van der Waals surface area contributed by atoms with Crippen LogP contribution in [0.5, 0.6) is 0 Å². The van der Waals surface area contributed by atoms with E-state index in [9.17, 15) is 12.8 Å². The normalized spacial score (nSPS) is 22.2. The van der Waals surface area contributed by atoms with Gasteiger partial charge in [0.15, 0.2) is 5.13 Å². The maximum absolute atomic E-state index is 13.8. The van der Waals surface area contributed by atoms with Crippen LogP contribution in [0, 0.1) is 11.7 Å². The summed E-state index contributed by atoms with van der Waals surface area (Å²) in [6.07, 6.45) is 6.45. The van der Waals surface area contributed by atoms with Gasteiger partial charge in [0, 0.05) is 23.0 Å². The van der Waals surface area contributed by atoms with E-state index in [0.717, 1.165) is 73.4 Å². The van der Waals surface area contributed by atoms with Crippen molar-refractivity contribution in [2.24, 2.45) is 11.1 Å². The molecule has 0 bridgehead atoms.